The number of hydrogen-bond acceptors (Lipinski definition) is 4. The molecule has 4 aliphatic rings. The zero-order valence-electron chi connectivity index (χ0n) is 49.9. The number of fused-ring (bicyclic) bond motifs is 12. The van der Waals surface area contributed by atoms with Gasteiger partial charge >= 0.3 is 0 Å². The number of benzene rings is 6. The molecule has 2 aliphatic carbocycles. The van der Waals surface area contributed by atoms with Crippen molar-refractivity contribution in [3.63, 3.8) is 0 Å². The first-order chi connectivity index (χ1) is 35.1. The van der Waals surface area contributed by atoms with Gasteiger partial charge in [0.05, 0.1) is 17.1 Å². The number of thiophene rings is 2. The van der Waals surface area contributed by atoms with Crippen LogP contribution in [0.5, 0.6) is 0 Å². The van der Waals surface area contributed by atoms with Crippen LogP contribution in [0, 0.1) is 6.92 Å². The Hall–Kier alpha value is -5.10. The first-order valence-electron chi connectivity index (χ1n) is 28.5. The smallest absolute Gasteiger partial charge is 0.277 e. The minimum Gasteiger partial charge on any atom is -0.310 e. The minimum atomic E-state index is -0.145. The fraction of sp³-hybridized carbons (Fsp3) is 0.437. The average molecular weight is 1040 g/mol. The summed E-state index contributed by atoms with van der Waals surface area (Å²) >= 11 is 4.24. The highest BCUT2D eigenvalue weighted by Crippen LogP contribution is 2.60. The summed E-state index contributed by atoms with van der Waals surface area (Å²) in [5.74, 6) is 0. The normalized spacial score (nSPS) is 18.0. The molecule has 2 aliphatic heterocycles. The molecule has 0 saturated carbocycles. The van der Waals surface area contributed by atoms with E-state index in [1.807, 2.05) is 0 Å². The molecule has 0 fully saturated rings. The number of hydrogen-bond donors (Lipinski definition) is 0. The largest absolute Gasteiger partial charge is 0.310 e. The molecule has 76 heavy (non-hydrogen) atoms. The van der Waals surface area contributed by atoms with Gasteiger partial charge in [-0.05, 0) is 167 Å². The summed E-state index contributed by atoms with van der Waals surface area (Å²) in [6.07, 6.45) is 2.27. The maximum absolute atomic E-state index is 2.79. The molecule has 8 aromatic rings. The quantitative estimate of drug-likeness (QED) is 0.163. The van der Waals surface area contributed by atoms with E-state index in [1.165, 1.54) is 114 Å². The van der Waals surface area contributed by atoms with Gasteiger partial charge in [0.2, 0.25) is 0 Å². The van der Waals surface area contributed by atoms with E-state index >= 15 is 0 Å². The molecule has 12 rings (SSSR count). The third-order valence-corrected chi connectivity index (χ3v) is 21.0. The van der Waals surface area contributed by atoms with E-state index in [9.17, 15) is 0 Å². The highest BCUT2D eigenvalue weighted by molar-refractivity contribution is 7.41. The van der Waals surface area contributed by atoms with Crippen LogP contribution in [-0.4, -0.2) is 6.71 Å². The lowest BCUT2D eigenvalue weighted by molar-refractivity contribution is 0.403. The molecule has 392 valence electrons. The van der Waals surface area contributed by atoms with Gasteiger partial charge in [0.1, 0.15) is 0 Å². The number of aryl methyl sites for hydroxylation is 1. The van der Waals surface area contributed by atoms with Crippen LogP contribution >= 0.6 is 22.7 Å². The standard InChI is InChI=1S/C71H83BN2S2/c1-40-34-49-59-63(76-61(49)56-54(40)69(16,17)39-71(56,20)21)72-57-52(73(46-29-26-43(27-30-46)65(5,6)7)58-47-31-32-50-55(60(47)75-62(58)72)70(18,19)38-68(50,14)15)36-45(67(11,12)13)37-53(57)74(59)51-33-28-44(66(8,9)10)35-48(51)41-22-24-42(25-23-41)64(2,3)4/h22-37H,38-39H2,1-21H3. The Balaban J connectivity index is 1.27. The Bertz CT molecular complexity index is 3750. The van der Waals surface area contributed by atoms with Crippen LogP contribution in [0.4, 0.5) is 34.1 Å². The van der Waals surface area contributed by atoms with Crippen LogP contribution in [0.3, 0.4) is 0 Å². The molecule has 2 nitrogen and oxygen atoms in total. The van der Waals surface area contributed by atoms with Crippen molar-refractivity contribution < 1.29 is 0 Å². The molecule has 0 unspecified atom stereocenters. The second-order valence-electron chi connectivity index (χ2n) is 30.6. The summed E-state index contributed by atoms with van der Waals surface area (Å²) in [7, 11) is 0. The zero-order chi connectivity index (χ0) is 54.7. The van der Waals surface area contributed by atoms with E-state index in [2.05, 4.69) is 275 Å². The van der Waals surface area contributed by atoms with Crippen molar-refractivity contribution >= 4 is 98.7 Å². The van der Waals surface area contributed by atoms with Crippen molar-refractivity contribution in [2.75, 3.05) is 9.80 Å². The molecular formula is C71H83BN2S2. The van der Waals surface area contributed by atoms with Gasteiger partial charge in [0.25, 0.3) is 6.71 Å². The minimum absolute atomic E-state index is 0.0113. The fourth-order valence-electron chi connectivity index (χ4n) is 15.3. The second kappa shape index (κ2) is 16.0. The summed E-state index contributed by atoms with van der Waals surface area (Å²) in [4.78, 5) is 5.52. The maximum Gasteiger partial charge on any atom is 0.277 e. The topological polar surface area (TPSA) is 6.48 Å². The average Bonchev–Trinajstić information content (AvgIpc) is 4.08. The molecule has 0 atom stereocenters. The summed E-state index contributed by atoms with van der Waals surface area (Å²) in [5.41, 5.74) is 24.9. The summed E-state index contributed by atoms with van der Waals surface area (Å²) in [6, 6.07) is 39.6. The number of nitrogens with zero attached hydrogens (tertiary/aromatic N) is 2. The Morgan fingerprint density at radius 1 is 0.434 bits per heavy atom. The second-order valence-corrected chi connectivity index (χ2v) is 32.7. The fourth-order valence-corrected chi connectivity index (χ4v) is 18.6. The first kappa shape index (κ1) is 51.7. The maximum atomic E-state index is 2.79. The van der Waals surface area contributed by atoms with E-state index in [0.717, 1.165) is 12.8 Å². The third kappa shape index (κ3) is 7.57. The van der Waals surface area contributed by atoms with Gasteiger partial charge in [-0.25, -0.2) is 0 Å². The van der Waals surface area contributed by atoms with Crippen LogP contribution in [0.2, 0.25) is 0 Å². The van der Waals surface area contributed by atoms with Crippen LogP contribution in [-0.2, 0) is 43.3 Å². The van der Waals surface area contributed by atoms with E-state index in [4.69, 9.17) is 0 Å². The summed E-state index contributed by atoms with van der Waals surface area (Å²) in [6.45, 7) is 50.8. The molecule has 0 spiro atoms. The molecule has 0 amide bonds. The molecule has 2 aromatic heterocycles. The van der Waals surface area contributed by atoms with Crippen molar-refractivity contribution in [1.29, 1.82) is 0 Å². The molecule has 0 bridgehead atoms. The van der Waals surface area contributed by atoms with Gasteiger partial charge in [-0.3, -0.25) is 0 Å². The highest BCUT2D eigenvalue weighted by Gasteiger charge is 2.52. The van der Waals surface area contributed by atoms with Gasteiger partial charge in [0.15, 0.2) is 0 Å². The van der Waals surface area contributed by atoms with Crippen LogP contribution in [0.1, 0.15) is 201 Å². The Kier molecular flexibility index (Phi) is 10.9. The first-order valence-corrected chi connectivity index (χ1v) is 30.1. The van der Waals surface area contributed by atoms with E-state index in [-0.39, 0.29) is 50.0 Å². The molecule has 0 radical (unpaired) electrons. The Morgan fingerprint density at radius 3 is 1.47 bits per heavy atom. The number of rotatable bonds is 3. The third-order valence-electron chi connectivity index (χ3n) is 18.5. The van der Waals surface area contributed by atoms with Crippen molar-refractivity contribution in [2.45, 2.75) is 202 Å². The molecule has 5 heteroatoms. The molecule has 6 aromatic carbocycles. The monoisotopic (exact) mass is 1040 g/mol. The van der Waals surface area contributed by atoms with Crippen molar-refractivity contribution in [3.05, 3.63) is 147 Å². The van der Waals surface area contributed by atoms with Crippen molar-refractivity contribution in [3.8, 4) is 11.1 Å². The van der Waals surface area contributed by atoms with Crippen LogP contribution in [0.25, 0.3) is 31.3 Å². The van der Waals surface area contributed by atoms with Gasteiger partial charge in [-0.2, -0.15) is 0 Å². The molecule has 4 heterocycles. The van der Waals surface area contributed by atoms with E-state index in [1.54, 1.807) is 16.7 Å². The summed E-state index contributed by atoms with van der Waals surface area (Å²) < 4.78 is 5.90. The van der Waals surface area contributed by atoms with Crippen molar-refractivity contribution in [1.82, 2.24) is 0 Å². The predicted molar refractivity (Wildman–Crippen MR) is 338 cm³/mol. The van der Waals surface area contributed by atoms with E-state index < -0.39 is 0 Å². The van der Waals surface area contributed by atoms with Crippen LogP contribution in [0.15, 0.2) is 97.1 Å². The van der Waals surface area contributed by atoms with E-state index in [0.29, 0.717) is 0 Å². The predicted octanol–water partition coefficient (Wildman–Crippen LogP) is 19.3. The molecule has 0 N–H and O–H groups in total. The molecule has 0 saturated heterocycles. The lowest BCUT2D eigenvalue weighted by Gasteiger charge is -2.43. The van der Waals surface area contributed by atoms with Gasteiger partial charge in [-0.15, -0.1) is 22.7 Å². The molecular weight excluding hydrogens is 956 g/mol. The zero-order valence-corrected chi connectivity index (χ0v) is 51.6. The SMILES string of the molecule is Cc1cc2c3c(sc2c2c1C(C)(C)CC2(C)C)B1c2sc4c5c(ccc4c2N(c2ccc(C(C)(C)C)cc2)c2cc(C(C)(C)C)cc(c21)N3c1ccc(C(C)(C)C)cc1-c1ccc(C(C)(C)C)cc1)C(C)(C)CC5(C)C. The summed E-state index contributed by atoms with van der Waals surface area (Å²) in [5, 5.41) is 2.79. The Morgan fingerprint density at radius 2 is 0.908 bits per heavy atom. The lowest BCUT2D eigenvalue weighted by atomic mass is 9.39. The van der Waals surface area contributed by atoms with Gasteiger partial charge < -0.3 is 9.80 Å². The van der Waals surface area contributed by atoms with Gasteiger partial charge in [0, 0.05) is 52.4 Å². The number of anilines is 6. The van der Waals surface area contributed by atoms with Gasteiger partial charge in [-0.1, -0.05) is 193 Å². The lowest BCUT2D eigenvalue weighted by Crippen LogP contribution is -2.59. The Labute approximate surface area is 465 Å². The highest BCUT2D eigenvalue weighted by atomic mass is 32.1. The van der Waals surface area contributed by atoms with Crippen LogP contribution < -0.4 is 24.8 Å². The van der Waals surface area contributed by atoms with Crippen molar-refractivity contribution in [2.24, 2.45) is 0 Å².